The van der Waals surface area contributed by atoms with Crippen molar-refractivity contribution < 1.29 is 24.2 Å². The molecule has 0 bridgehead atoms. The molecule has 2 aromatic rings. The van der Waals surface area contributed by atoms with Gasteiger partial charge in [0.2, 0.25) is 0 Å². The van der Waals surface area contributed by atoms with Crippen LogP contribution < -0.4 is 18.9 Å². The third-order valence-corrected chi connectivity index (χ3v) is 3.58. The predicted octanol–water partition coefficient (Wildman–Crippen LogP) is 3.73. The van der Waals surface area contributed by atoms with Crippen LogP contribution in [-0.2, 0) is 0 Å². The zero-order valence-electron chi connectivity index (χ0n) is 13.4. The first kappa shape index (κ1) is 17.9. The van der Waals surface area contributed by atoms with Crippen LogP contribution in [0.3, 0.4) is 0 Å². The number of benzene rings is 2. The lowest BCUT2D eigenvalue weighted by molar-refractivity contribution is 0.211. The summed E-state index contributed by atoms with van der Waals surface area (Å²) >= 11 is 3.37. The van der Waals surface area contributed by atoms with Gasteiger partial charge in [-0.05, 0) is 36.4 Å². The Balaban J connectivity index is 1.98. The summed E-state index contributed by atoms with van der Waals surface area (Å²) in [6.45, 7) is 0.650. The number of hydrogen-bond donors (Lipinski definition) is 1. The number of halogens is 1. The molecular formula is C17H18BrNO5. The fourth-order valence-electron chi connectivity index (χ4n) is 2.03. The molecule has 0 aliphatic rings. The van der Waals surface area contributed by atoms with Crippen LogP contribution in [0.4, 0.5) is 0 Å². The fraction of sp³-hybridized carbons (Fsp3) is 0.235. The molecule has 0 saturated carbocycles. The molecule has 6 nitrogen and oxygen atoms in total. The van der Waals surface area contributed by atoms with E-state index in [1.54, 1.807) is 26.4 Å². The van der Waals surface area contributed by atoms with Crippen LogP contribution in [0.25, 0.3) is 0 Å². The monoisotopic (exact) mass is 395 g/mol. The first-order valence-electron chi connectivity index (χ1n) is 7.12. The van der Waals surface area contributed by atoms with Gasteiger partial charge in [-0.15, -0.1) is 0 Å². The summed E-state index contributed by atoms with van der Waals surface area (Å²) in [6, 6.07) is 10.8. The molecule has 0 aromatic heterocycles. The third kappa shape index (κ3) is 4.79. The minimum atomic E-state index is 0.302. The smallest absolute Gasteiger partial charge is 0.170 e. The van der Waals surface area contributed by atoms with Crippen LogP contribution >= 0.6 is 15.9 Å². The number of hydrogen-bond acceptors (Lipinski definition) is 6. The summed E-state index contributed by atoms with van der Waals surface area (Å²) in [6.07, 6.45) is 1.28. The van der Waals surface area contributed by atoms with Crippen molar-refractivity contribution in [1.29, 1.82) is 0 Å². The second-order valence-corrected chi connectivity index (χ2v) is 5.56. The van der Waals surface area contributed by atoms with E-state index in [0.717, 1.165) is 16.0 Å². The molecule has 1 N–H and O–H groups in total. The van der Waals surface area contributed by atoms with E-state index in [1.165, 1.54) is 6.21 Å². The van der Waals surface area contributed by atoms with E-state index >= 15 is 0 Å². The molecule has 0 heterocycles. The van der Waals surface area contributed by atoms with Crippen LogP contribution in [0.15, 0.2) is 46.0 Å². The normalized spacial score (nSPS) is 10.6. The highest BCUT2D eigenvalue weighted by Gasteiger charge is 2.12. The van der Waals surface area contributed by atoms with Crippen molar-refractivity contribution in [2.24, 2.45) is 5.16 Å². The van der Waals surface area contributed by atoms with Crippen molar-refractivity contribution in [3.63, 3.8) is 0 Å². The Morgan fingerprint density at radius 2 is 1.67 bits per heavy atom. The van der Waals surface area contributed by atoms with Gasteiger partial charge in [0.05, 0.1) is 20.4 Å². The fourth-order valence-corrected chi connectivity index (χ4v) is 2.48. The second-order valence-electron chi connectivity index (χ2n) is 4.64. The zero-order chi connectivity index (χ0) is 17.4. The highest BCUT2D eigenvalue weighted by atomic mass is 79.9. The van der Waals surface area contributed by atoms with E-state index in [0.29, 0.717) is 30.3 Å². The highest BCUT2D eigenvalue weighted by molar-refractivity contribution is 9.10. The Morgan fingerprint density at radius 1 is 1.00 bits per heavy atom. The molecule has 128 valence electrons. The molecule has 0 atom stereocenters. The van der Waals surface area contributed by atoms with E-state index in [2.05, 4.69) is 21.1 Å². The molecule has 7 heteroatoms. The van der Waals surface area contributed by atoms with E-state index in [4.69, 9.17) is 24.2 Å². The summed E-state index contributed by atoms with van der Waals surface area (Å²) in [5.74, 6) is 2.51. The number of rotatable bonds is 8. The molecule has 0 aliphatic heterocycles. The topological polar surface area (TPSA) is 69.5 Å². The number of ether oxygens (including phenoxy) is 4. The van der Waals surface area contributed by atoms with Crippen molar-refractivity contribution in [2.75, 3.05) is 27.4 Å². The molecule has 0 radical (unpaired) electrons. The SMILES string of the molecule is COc1ccc(OCCOc2c(C=NO)cc(Br)cc2OC)cc1. The molecule has 2 aromatic carbocycles. The minimum absolute atomic E-state index is 0.302. The van der Waals surface area contributed by atoms with Crippen LogP contribution in [0, 0.1) is 0 Å². The maximum Gasteiger partial charge on any atom is 0.170 e. The molecule has 0 saturated heterocycles. The van der Waals surface area contributed by atoms with Gasteiger partial charge in [-0.2, -0.15) is 0 Å². The molecule has 24 heavy (non-hydrogen) atoms. The predicted molar refractivity (Wildman–Crippen MR) is 94.1 cm³/mol. The van der Waals surface area contributed by atoms with Crippen LogP contribution in [0.2, 0.25) is 0 Å². The third-order valence-electron chi connectivity index (χ3n) is 3.12. The Hall–Kier alpha value is -2.41. The van der Waals surface area contributed by atoms with Crippen LogP contribution in [-0.4, -0.2) is 38.9 Å². The van der Waals surface area contributed by atoms with E-state index in [1.807, 2.05) is 24.3 Å². The average Bonchev–Trinajstić information content (AvgIpc) is 2.60. The van der Waals surface area contributed by atoms with Crippen LogP contribution in [0.1, 0.15) is 5.56 Å². The van der Waals surface area contributed by atoms with Crippen molar-refractivity contribution in [3.8, 4) is 23.0 Å². The summed E-state index contributed by atoms with van der Waals surface area (Å²) in [5, 5.41) is 11.8. The van der Waals surface area contributed by atoms with Gasteiger partial charge in [0.15, 0.2) is 11.5 Å². The van der Waals surface area contributed by atoms with Crippen molar-refractivity contribution in [3.05, 3.63) is 46.4 Å². The summed E-state index contributed by atoms with van der Waals surface area (Å²) < 4.78 is 22.5. The highest BCUT2D eigenvalue weighted by Crippen LogP contribution is 2.34. The summed E-state index contributed by atoms with van der Waals surface area (Å²) in [5.41, 5.74) is 0.591. The van der Waals surface area contributed by atoms with E-state index < -0.39 is 0 Å². The first-order valence-corrected chi connectivity index (χ1v) is 7.92. The number of methoxy groups -OCH3 is 2. The molecule has 0 amide bonds. The van der Waals surface area contributed by atoms with Gasteiger partial charge in [0.25, 0.3) is 0 Å². The van der Waals surface area contributed by atoms with E-state index in [9.17, 15) is 0 Å². The quantitative estimate of drug-likeness (QED) is 0.319. The number of oxime groups is 1. The molecular weight excluding hydrogens is 378 g/mol. The van der Waals surface area contributed by atoms with Gasteiger partial charge in [0, 0.05) is 10.0 Å². The first-order chi connectivity index (χ1) is 11.7. The summed E-state index contributed by atoms with van der Waals surface area (Å²) in [4.78, 5) is 0. The lowest BCUT2D eigenvalue weighted by Crippen LogP contribution is -2.10. The Labute approximate surface area is 148 Å². The van der Waals surface area contributed by atoms with Gasteiger partial charge in [0.1, 0.15) is 24.7 Å². The Morgan fingerprint density at radius 3 is 2.29 bits per heavy atom. The molecule has 0 aliphatic carbocycles. The van der Waals surface area contributed by atoms with Gasteiger partial charge in [-0.25, -0.2) is 0 Å². The van der Waals surface area contributed by atoms with Crippen molar-refractivity contribution >= 4 is 22.1 Å². The van der Waals surface area contributed by atoms with Gasteiger partial charge in [-0.3, -0.25) is 0 Å². The summed E-state index contributed by atoms with van der Waals surface area (Å²) in [7, 11) is 3.16. The lowest BCUT2D eigenvalue weighted by atomic mass is 10.2. The Kier molecular flexibility index (Phi) is 6.74. The molecule has 0 fully saturated rings. The van der Waals surface area contributed by atoms with E-state index in [-0.39, 0.29) is 0 Å². The maximum absolute atomic E-state index is 8.78. The Bertz CT molecular complexity index is 688. The second kappa shape index (κ2) is 9.02. The minimum Gasteiger partial charge on any atom is -0.497 e. The largest absolute Gasteiger partial charge is 0.497 e. The zero-order valence-corrected chi connectivity index (χ0v) is 14.9. The maximum atomic E-state index is 8.78. The van der Waals surface area contributed by atoms with Crippen LogP contribution in [0.5, 0.6) is 23.0 Å². The molecule has 0 unspecified atom stereocenters. The van der Waals surface area contributed by atoms with Crippen molar-refractivity contribution in [2.45, 2.75) is 0 Å². The number of nitrogens with zero attached hydrogens (tertiary/aromatic N) is 1. The van der Waals surface area contributed by atoms with Gasteiger partial charge >= 0.3 is 0 Å². The lowest BCUT2D eigenvalue weighted by Gasteiger charge is -2.14. The van der Waals surface area contributed by atoms with Gasteiger partial charge < -0.3 is 24.2 Å². The molecule has 2 rings (SSSR count). The standard InChI is InChI=1S/C17H18BrNO5/c1-21-14-3-5-15(6-4-14)23-7-8-24-17-12(11-19-20)9-13(18)10-16(17)22-2/h3-6,9-11,20H,7-8H2,1-2H3. The van der Waals surface area contributed by atoms with Gasteiger partial charge in [-0.1, -0.05) is 21.1 Å². The average molecular weight is 396 g/mol. The van der Waals surface area contributed by atoms with Crippen molar-refractivity contribution in [1.82, 2.24) is 0 Å². The molecule has 0 spiro atoms.